The number of aliphatic hydroxyl groups excluding tert-OH is 4. The van der Waals surface area contributed by atoms with E-state index >= 15 is 0 Å². The van der Waals surface area contributed by atoms with Crippen molar-refractivity contribution in [3.8, 4) is 0 Å². The molecule has 0 bridgehead atoms. The number of hydrogen-bond acceptors (Lipinski definition) is 22. The number of rotatable bonds is 14. The number of aryl methyl sites for hydroxylation is 2. The number of aromatic nitrogens is 8. The molecule has 0 aliphatic carbocycles. The van der Waals surface area contributed by atoms with E-state index in [9.17, 15) is 58.1 Å². The Morgan fingerprint density at radius 2 is 1.11 bits per heavy atom. The van der Waals surface area contributed by atoms with Gasteiger partial charge >= 0.3 is 11.3 Å². The Labute approximate surface area is 320 Å². The largest absolute Gasteiger partial charge is 0.778 e. The lowest BCUT2D eigenvalue weighted by molar-refractivity contribution is -0.746. The average Bonchev–Trinajstić information content (AvgIpc) is 3.74. The van der Waals surface area contributed by atoms with Crippen LogP contribution >= 0.6 is 30.1 Å². The number of fused-ring (bicyclic) bond motifs is 2. The zero-order chi connectivity index (χ0) is 42.2. The summed E-state index contributed by atoms with van der Waals surface area (Å²) in [7, 11) is -8.66. The topological polar surface area (TPSA) is 412 Å². The Hall–Kier alpha value is -3.13. The van der Waals surface area contributed by atoms with Crippen LogP contribution in [0.15, 0.2) is 22.2 Å². The van der Waals surface area contributed by atoms with Gasteiger partial charge in [-0.25, -0.2) is 9.13 Å². The minimum Gasteiger partial charge on any atom is -0.778 e. The minimum absolute atomic E-state index is 0.00841. The van der Waals surface area contributed by atoms with Gasteiger partial charge in [-0.1, -0.05) is 9.97 Å². The van der Waals surface area contributed by atoms with Crippen molar-refractivity contribution in [2.45, 2.75) is 49.1 Å². The third-order valence-electron chi connectivity index (χ3n) is 8.46. The molecular formula is C23H32B2N10O18P4. The first kappa shape index (κ1) is 43.4. The number of hydrogen-bond donors (Lipinski definition) is 8. The van der Waals surface area contributed by atoms with Crippen LogP contribution in [0.4, 0.5) is 11.9 Å². The highest BCUT2D eigenvalue weighted by Crippen LogP contribution is 2.67. The van der Waals surface area contributed by atoms with Gasteiger partial charge in [0.05, 0.1) is 33.2 Å². The molecule has 4 radical (unpaired) electrons. The van der Waals surface area contributed by atoms with Crippen molar-refractivity contribution in [3.63, 3.8) is 0 Å². The third kappa shape index (κ3) is 9.06. The summed E-state index contributed by atoms with van der Waals surface area (Å²) in [5.41, 5.74) is 9.85. The highest BCUT2D eigenvalue weighted by atomic mass is 31.3. The molecule has 28 nitrogen and oxygen atoms in total. The standard InChI is InChI=1S/C23H32B2N10O18P4/c1-32-5-34(16-10(32)18(40)30-22(26)28-16)20-14(38)12(36)8(50-20)3-48-56(24,46)52-54(42,43)7-55(44,45)53-57(25,47)49-4-9-13(37)15(39)21(51-9)35-6-33(2)11-17(35)29-23(27)31-19(11)41/h5-6,8-9,12-15,20-21,36-39H,3-4,7H2,1-2H3,(H6-2,26,27,28,29,30,31,40,41,42,43,44,45)/t8-,9-,12-,13-,14-,15-,20-,21-,56-,57+/m1/s1. The molecule has 4 aromatic heterocycles. The molecule has 2 saturated heterocycles. The van der Waals surface area contributed by atoms with Gasteiger partial charge in [0.1, 0.15) is 36.6 Å². The van der Waals surface area contributed by atoms with Gasteiger partial charge in [0, 0.05) is 0 Å². The van der Waals surface area contributed by atoms with E-state index in [0.717, 1.165) is 9.13 Å². The fraction of sp³-hybridized carbons (Fsp3) is 0.565. The van der Waals surface area contributed by atoms with Gasteiger partial charge in [-0.3, -0.25) is 46.4 Å². The van der Waals surface area contributed by atoms with Crippen LogP contribution in [0.25, 0.3) is 22.3 Å². The quantitative estimate of drug-likeness (QED) is 0.0332. The maximum Gasteiger partial charge on any atom is 0.313 e. The Bertz CT molecular complexity index is 2370. The Kier molecular flexibility index (Phi) is 11.8. The molecule has 0 aromatic carbocycles. The number of nitrogens with two attached hydrogens (primary N) is 2. The second-order valence-electron chi connectivity index (χ2n) is 12.8. The summed E-state index contributed by atoms with van der Waals surface area (Å²) in [5, 5.41) is 42.4. The molecule has 4 aromatic rings. The molecule has 2 fully saturated rings. The van der Waals surface area contributed by atoms with Crippen LogP contribution in [0.3, 0.4) is 0 Å². The average molecular weight is 882 g/mol. The first-order valence-corrected chi connectivity index (χ1v) is 22.6. The molecule has 2 unspecified atom stereocenters. The number of nitrogens with zero attached hydrogens (tertiary/aromatic N) is 6. The van der Waals surface area contributed by atoms with Crippen LogP contribution in [-0.2, 0) is 59.5 Å². The van der Waals surface area contributed by atoms with Gasteiger partial charge in [-0.05, 0) is 0 Å². The van der Waals surface area contributed by atoms with E-state index in [4.69, 9.17) is 45.1 Å². The van der Waals surface area contributed by atoms with Gasteiger partial charge in [0.15, 0.2) is 27.8 Å². The van der Waals surface area contributed by atoms with Crippen LogP contribution in [0.2, 0.25) is 0 Å². The molecule has 6 heterocycles. The number of imidazole rings is 2. The number of anilines is 2. The van der Waals surface area contributed by atoms with Gasteiger partial charge in [-0.15, -0.1) is 0 Å². The van der Waals surface area contributed by atoms with Crippen molar-refractivity contribution in [2.24, 2.45) is 14.1 Å². The highest BCUT2D eigenvalue weighted by molar-refractivity contribution is 7.87. The van der Waals surface area contributed by atoms with Crippen LogP contribution in [0.1, 0.15) is 12.5 Å². The maximum absolute atomic E-state index is 12.8. The van der Waals surface area contributed by atoms with Crippen molar-refractivity contribution < 1.29 is 84.7 Å². The van der Waals surface area contributed by atoms with E-state index in [0.29, 0.717) is 0 Å². The zero-order valence-corrected chi connectivity index (χ0v) is 32.8. The summed E-state index contributed by atoms with van der Waals surface area (Å²) in [6.07, 6.45) is -10.5. The highest BCUT2D eigenvalue weighted by Gasteiger charge is 2.49. The van der Waals surface area contributed by atoms with Crippen molar-refractivity contribution >= 4 is 79.5 Å². The summed E-state index contributed by atoms with van der Waals surface area (Å²) < 4.78 is 84.9. The zero-order valence-electron chi connectivity index (χ0n) is 29.2. The SMILES string of the molecule is [B][P@](=O)(OC[C@H]1O[C@@H]([n+]2cn(C)c3c(=O)[nH]c(N)nc32)[C@H](O)[C@@H]1O)OP(=O)([O-])CP(=O)([O-])O[P@]([B])(=O)OC[C@H]1O[C@@H]([n+]2cn(C)c3c(=O)[nH]c(N)nc32)[C@H](O)[C@@H]1O. The van der Waals surface area contributed by atoms with E-state index in [1.54, 1.807) is 0 Å². The van der Waals surface area contributed by atoms with Crippen molar-refractivity contribution in [3.05, 3.63) is 33.4 Å². The van der Waals surface area contributed by atoms with Crippen molar-refractivity contribution in [1.29, 1.82) is 0 Å². The Balaban J connectivity index is 1.04. The smallest absolute Gasteiger partial charge is 0.313 e. The molecule has 6 rings (SSSR count). The first-order chi connectivity index (χ1) is 26.3. The van der Waals surface area contributed by atoms with Crippen LogP contribution in [0, 0.1) is 0 Å². The minimum atomic E-state index is -5.88. The lowest BCUT2D eigenvalue weighted by atomic mass is 10.1. The lowest BCUT2D eigenvalue weighted by Crippen LogP contribution is -2.46. The maximum atomic E-state index is 12.8. The van der Waals surface area contributed by atoms with Crippen LogP contribution in [0.5, 0.6) is 0 Å². The molecular weight excluding hydrogens is 850 g/mol. The second kappa shape index (κ2) is 15.5. The predicted molar refractivity (Wildman–Crippen MR) is 185 cm³/mol. The molecule has 308 valence electrons. The lowest BCUT2D eigenvalue weighted by Gasteiger charge is -2.34. The van der Waals surface area contributed by atoms with Crippen LogP contribution < -0.4 is 41.5 Å². The predicted octanol–water partition coefficient (Wildman–Crippen LogP) is -5.80. The number of nitrogens with one attached hydrogen (secondary N) is 2. The Morgan fingerprint density at radius 1 is 0.754 bits per heavy atom. The fourth-order valence-corrected chi connectivity index (χ4v) is 13.0. The second-order valence-corrected chi connectivity index (χ2v) is 20.4. The van der Waals surface area contributed by atoms with E-state index in [2.05, 4.69) is 28.6 Å². The molecule has 0 saturated carbocycles. The van der Waals surface area contributed by atoms with Gasteiger partial charge < -0.3 is 69.3 Å². The van der Waals surface area contributed by atoms with E-state index in [-0.39, 0.29) is 34.2 Å². The fourth-order valence-electron chi connectivity index (χ4n) is 6.12. The number of aliphatic hydroxyl groups is 4. The molecule has 12 atom stereocenters. The molecule has 2 aliphatic rings. The van der Waals surface area contributed by atoms with Crippen molar-refractivity contribution in [1.82, 2.24) is 29.1 Å². The third-order valence-corrected chi connectivity index (χ3v) is 16.1. The number of ether oxygens (including phenoxy) is 2. The number of H-pyrrole nitrogens is 2. The van der Waals surface area contributed by atoms with Gasteiger partial charge in [0.2, 0.25) is 38.6 Å². The monoisotopic (exact) mass is 882 g/mol. The molecule has 0 amide bonds. The number of nitrogen functional groups attached to an aromatic ring is 2. The molecule has 57 heavy (non-hydrogen) atoms. The van der Waals surface area contributed by atoms with Crippen LogP contribution in [-0.4, -0.2) is 120 Å². The van der Waals surface area contributed by atoms with Gasteiger partial charge in [0.25, 0.3) is 38.0 Å². The summed E-state index contributed by atoms with van der Waals surface area (Å²) in [4.78, 5) is 62.5. The summed E-state index contributed by atoms with van der Waals surface area (Å²) >= 11 is 0. The number of aromatic amines is 2. The van der Waals surface area contributed by atoms with E-state index < -0.39 is 109 Å². The van der Waals surface area contributed by atoms with Gasteiger partial charge in [-0.2, -0.15) is 0 Å². The summed E-state index contributed by atoms with van der Waals surface area (Å²) in [5.74, 6) is -2.72. The molecule has 34 heteroatoms. The van der Waals surface area contributed by atoms with Crippen molar-refractivity contribution in [2.75, 3.05) is 30.6 Å². The summed E-state index contributed by atoms with van der Waals surface area (Å²) in [6, 6.07) is 0. The first-order valence-electron chi connectivity index (χ1n) is 15.9. The molecule has 10 N–H and O–H groups in total. The van der Waals surface area contributed by atoms with E-state index in [1.807, 2.05) is 0 Å². The molecule has 2 aliphatic heterocycles. The molecule has 0 spiro atoms. The van der Waals surface area contributed by atoms with E-state index in [1.165, 1.54) is 35.9 Å². The Morgan fingerprint density at radius 3 is 1.46 bits per heavy atom. The normalized spacial score (nSPS) is 29.6. The summed E-state index contributed by atoms with van der Waals surface area (Å²) in [6.45, 7) is -2.01.